The minimum Gasteiger partial charge on any atom is -0.497 e. The molecule has 1 heterocycles. The summed E-state index contributed by atoms with van der Waals surface area (Å²) in [5.41, 5.74) is 1.67. The van der Waals surface area contributed by atoms with Gasteiger partial charge in [-0.25, -0.2) is 9.59 Å². The largest absolute Gasteiger partial charge is 0.497 e. The third-order valence-corrected chi connectivity index (χ3v) is 3.82. The fourth-order valence-electron chi connectivity index (χ4n) is 2.83. The van der Waals surface area contributed by atoms with Crippen molar-refractivity contribution in [2.75, 3.05) is 13.7 Å². The second-order valence-corrected chi connectivity index (χ2v) is 5.05. The Balaban J connectivity index is 2.09. The van der Waals surface area contributed by atoms with Gasteiger partial charge in [-0.2, -0.15) is 0 Å². The molecule has 3 rings (SSSR count). The van der Waals surface area contributed by atoms with Gasteiger partial charge in [-0.05, 0) is 19.1 Å². The number of rotatable bonds is 3. The highest BCUT2D eigenvalue weighted by atomic mass is 16.5. The second kappa shape index (κ2) is 5.67. The van der Waals surface area contributed by atoms with Crippen LogP contribution in [0.2, 0.25) is 0 Å². The topological polar surface area (TPSA) is 61.8 Å². The molecule has 0 fully saturated rings. The van der Waals surface area contributed by atoms with E-state index in [1.54, 1.807) is 6.07 Å². The highest BCUT2D eigenvalue weighted by molar-refractivity contribution is 6.00. The molecule has 5 nitrogen and oxygen atoms in total. The molecular formula is C17H16O5. The summed E-state index contributed by atoms with van der Waals surface area (Å²) in [5, 5.41) is 0. The molecule has 1 aromatic rings. The van der Waals surface area contributed by atoms with E-state index in [1.807, 2.05) is 25.1 Å². The SMILES string of the molecule is CCOC1=C(C(=O)OC)C=C2C(=O)Oc3ccccc3C2C1. The van der Waals surface area contributed by atoms with Crippen molar-refractivity contribution in [3.63, 3.8) is 0 Å². The van der Waals surface area contributed by atoms with Gasteiger partial charge in [0.2, 0.25) is 0 Å². The maximum absolute atomic E-state index is 12.2. The van der Waals surface area contributed by atoms with Gasteiger partial charge < -0.3 is 14.2 Å². The van der Waals surface area contributed by atoms with E-state index in [0.717, 1.165) is 5.56 Å². The number of hydrogen-bond acceptors (Lipinski definition) is 5. The zero-order chi connectivity index (χ0) is 15.7. The molecule has 5 heteroatoms. The van der Waals surface area contributed by atoms with E-state index in [9.17, 15) is 9.59 Å². The summed E-state index contributed by atoms with van der Waals surface area (Å²) in [4.78, 5) is 24.1. The number of para-hydroxylation sites is 1. The number of ether oxygens (including phenoxy) is 3. The first kappa shape index (κ1) is 14.4. The van der Waals surface area contributed by atoms with Crippen LogP contribution in [0.1, 0.15) is 24.8 Å². The van der Waals surface area contributed by atoms with Gasteiger partial charge in [0, 0.05) is 23.5 Å². The number of benzene rings is 1. The Morgan fingerprint density at radius 2 is 2.14 bits per heavy atom. The van der Waals surface area contributed by atoms with Crippen LogP contribution in [0.4, 0.5) is 0 Å². The third-order valence-electron chi connectivity index (χ3n) is 3.82. The maximum Gasteiger partial charge on any atom is 0.341 e. The van der Waals surface area contributed by atoms with Crippen LogP contribution in [-0.2, 0) is 19.1 Å². The van der Waals surface area contributed by atoms with E-state index >= 15 is 0 Å². The van der Waals surface area contributed by atoms with Gasteiger partial charge in [0.15, 0.2) is 0 Å². The summed E-state index contributed by atoms with van der Waals surface area (Å²) < 4.78 is 15.7. The highest BCUT2D eigenvalue weighted by Crippen LogP contribution is 2.44. The average Bonchev–Trinajstić information content (AvgIpc) is 2.54. The van der Waals surface area contributed by atoms with Crippen LogP contribution in [0.15, 0.2) is 47.2 Å². The van der Waals surface area contributed by atoms with Gasteiger partial charge in [-0.3, -0.25) is 0 Å². The van der Waals surface area contributed by atoms with Crippen LogP contribution in [-0.4, -0.2) is 25.7 Å². The molecule has 0 amide bonds. The standard InChI is InChI=1S/C17H16O5/c1-3-21-15-9-11-10-6-4-5-7-14(10)22-17(19)12(11)8-13(15)16(18)20-2/h4-8,11H,3,9H2,1-2H3. The fourth-order valence-corrected chi connectivity index (χ4v) is 2.83. The highest BCUT2D eigenvalue weighted by Gasteiger charge is 2.38. The molecular weight excluding hydrogens is 284 g/mol. The van der Waals surface area contributed by atoms with E-state index in [-0.39, 0.29) is 11.5 Å². The van der Waals surface area contributed by atoms with Crippen molar-refractivity contribution in [3.05, 3.63) is 52.8 Å². The first-order chi connectivity index (χ1) is 10.7. The molecule has 0 radical (unpaired) electrons. The molecule has 22 heavy (non-hydrogen) atoms. The lowest BCUT2D eigenvalue weighted by atomic mass is 9.80. The van der Waals surface area contributed by atoms with Crippen molar-refractivity contribution in [1.82, 2.24) is 0 Å². The van der Waals surface area contributed by atoms with Crippen LogP contribution in [0, 0.1) is 0 Å². The number of methoxy groups -OCH3 is 1. The molecule has 1 aromatic carbocycles. The Morgan fingerprint density at radius 1 is 1.36 bits per heavy atom. The molecule has 0 N–H and O–H groups in total. The van der Waals surface area contributed by atoms with Crippen LogP contribution in [0.3, 0.4) is 0 Å². The molecule has 0 spiro atoms. The van der Waals surface area contributed by atoms with E-state index in [0.29, 0.717) is 30.1 Å². The molecule has 1 aliphatic carbocycles. The van der Waals surface area contributed by atoms with Gasteiger partial charge >= 0.3 is 11.9 Å². The van der Waals surface area contributed by atoms with Crippen molar-refractivity contribution >= 4 is 11.9 Å². The van der Waals surface area contributed by atoms with Crippen LogP contribution >= 0.6 is 0 Å². The normalized spacial score (nSPS) is 19.6. The Hall–Kier alpha value is -2.56. The minimum atomic E-state index is -0.513. The number of carbonyl (C=O) groups is 2. The zero-order valence-corrected chi connectivity index (χ0v) is 12.4. The van der Waals surface area contributed by atoms with Crippen LogP contribution in [0.5, 0.6) is 5.75 Å². The summed E-state index contributed by atoms with van der Waals surface area (Å²) in [6, 6.07) is 7.41. The molecule has 2 aliphatic rings. The fraction of sp³-hybridized carbons (Fsp3) is 0.294. The number of esters is 2. The predicted octanol–water partition coefficient (Wildman–Crippen LogP) is 2.48. The molecule has 1 atom stereocenters. The van der Waals surface area contributed by atoms with Crippen molar-refractivity contribution in [2.45, 2.75) is 19.3 Å². The average molecular weight is 300 g/mol. The lowest BCUT2D eigenvalue weighted by Gasteiger charge is -2.31. The molecule has 0 saturated carbocycles. The van der Waals surface area contributed by atoms with E-state index in [2.05, 4.69) is 0 Å². The summed E-state index contributed by atoms with van der Waals surface area (Å²) in [6.45, 7) is 2.29. The van der Waals surface area contributed by atoms with Gasteiger partial charge in [0.05, 0.1) is 19.3 Å². The van der Waals surface area contributed by atoms with E-state index < -0.39 is 11.9 Å². The van der Waals surface area contributed by atoms with Crippen molar-refractivity contribution in [1.29, 1.82) is 0 Å². The molecule has 114 valence electrons. The quantitative estimate of drug-likeness (QED) is 0.634. The van der Waals surface area contributed by atoms with E-state index in [4.69, 9.17) is 14.2 Å². The molecule has 0 saturated heterocycles. The summed E-state index contributed by atoms with van der Waals surface area (Å²) >= 11 is 0. The van der Waals surface area contributed by atoms with Gasteiger partial charge in [0.1, 0.15) is 11.5 Å². The minimum absolute atomic E-state index is 0.160. The Bertz CT molecular complexity index is 699. The number of fused-ring (bicyclic) bond motifs is 3. The Morgan fingerprint density at radius 3 is 2.86 bits per heavy atom. The van der Waals surface area contributed by atoms with Crippen molar-refractivity contribution in [3.8, 4) is 5.75 Å². The monoisotopic (exact) mass is 300 g/mol. The Labute approximate surface area is 128 Å². The molecule has 1 unspecified atom stereocenters. The molecule has 1 aliphatic heterocycles. The van der Waals surface area contributed by atoms with Crippen LogP contribution < -0.4 is 4.74 Å². The number of allylic oxidation sites excluding steroid dienone is 1. The second-order valence-electron chi connectivity index (χ2n) is 5.05. The molecule has 0 aromatic heterocycles. The van der Waals surface area contributed by atoms with Gasteiger partial charge in [0.25, 0.3) is 0 Å². The smallest absolute Gasteiger partial charge is 0.341 e. The zero-order valence-electron chi connectivity index (χ0n) is 12.4. The summed E-state index contributed by atoms with van der Waals surface area (Å²) in [6.07, 6.45) is 1.97. The van der Waals surface area contributed by atoms with E-state index in [1.165, 1.54) is 13.2 Å². The summed E-state index contributed by atoms with van der Waals surface area (Å²) in [5.74, 6) is 0.00809. The first-order valence-electron chi connectivity index (χ1n) is 7.12. The number of carbonyl (C=O) groups excluding carboxylic acids is 2. The third kappa shape index (κ3) is 2.28. The number of hydrogen-bond donors (Lipinski definition) is 0. The van der Waals surface area contributed by atoms with Crippen molar-refractivity contribution < 1.29 is 23.8 Å². The van der Waals surface area contributed by atoms with Crippen molar-refractivity contribution in [2.24, 2.45) is 0 Å². The summed E-state index contributed by atoms with van der Waals surface area (Å²) in [7, 11) is 1.30. The van der Waals surface area contributed by atoms with Crippen LogP contribution in [0.25, 0.3) is 0 Å². The first-order valence-corrected chi connectivity index (χ1v) is 7.12. The van der Waals surface area contributed by atoms with Gasteiger partial charge in [-0.15, -0.1) is 0 Å². The lowest BCUT2D eigenvalue weighted by Crippen LogP contribution is -2.28. The van der Waals surface area contributed by atoms with Gasteiger partial charge in [-0.1, -0.05) is 18.2 Å². The maximum atomic E-state index is 12.2. The lowest BCUT2D eigenvalue weighted by molar-refractivity contribution is -0.136. The Kier molecular flexibility index (Phi) is 3.71. The molecule has 0 bridgehead atoms. The predicted molar refractivity (Wildman–Crippen MR) is 78.2 cm³/mol.